The molecular formula is C11H19N5O. The molecule has 0 aromatic carbocycles. The minimum Gasteiger partial charge on any atom is -0.376 e. The summed E-state index contributed by atoms with van der Waals surface area (Å²) in [6.07, 6.45) is 4.80. The lowest BCUT2D eigenvalue weighted by Crippen LogP contribution is -2.41. The third-order valence-electron chi connectivity index (χ3n) is 2.92. The summed E-state index contributed by atoms with van der Waals surface area (Å²) in [5, 5.41) is 0. The molecule has 1 aliphatic heterocycles. The minimum atomic E-state index is 0.349. The van der Waals surface area contributed by atoms with Crippen LogP contribution < -0.4 is 11.3 Å². The SMILES string of the molecule is CCC1CN(Cc2cnc(NN)cn2)CCO1. The first-order chi connectivity index (χ1) is 8.31. The lowest BCUT2D eigenvalue weighted by molar-refractivity contribution is -0.0328. The smallest absolute Gasteiger partial charge is 0.158 e. The molecule has 17 heavy (non-hydrogen) atoms. The van der Waals surface area contributed by atoms with E-state index in [1.807, 2.05) is 0 Å². The van der Waals surface area contributed by atoms with Gasteiger partial charge in [0.05, 0.1) is 30.8 Å². The number of hydrazine groups is 1. The summed E-state index contributed by atoms with van der Waals surface area (Å²) >= 11 is 0. The van der Waals surface area contributed by atoms with Gasteiger partial charge in [-0.05, 0) is 6.42 Å². The molecule has 1 unspecified atom stereocenters. The number of aromatic nitrogens is 2. The first kappa shape index (κ1) is 12.2. The molecule has 0 amide bonds. The molecule has 1 aromatic rings. The second kappa shape index (κ2) is 5.90. The van der Waals surface area contributed by atoms with Crippen molar-refractivity contribution in [3.05, 3.63) is 18.1 Å². The largest absolute Gasteiger partial charge is 0.376 e. The average Bonchev–Trinajstić information content (AvgIpc) is 2.40. The van der Waals surface area contributed by atoms with E-state index in [2.05, 4.69) is 27.2 Å². The van der Waals surface area contributed by atoms with Gasteiger partial charge in [0.1, 0.15) is 0 Å². The highest BCUT2D eigenvalue weighted by Gasteiger charge is 2.19. The summed E-state index contributed by atoms with van der Waals surface area (Å²) in [5.41, 5.74) is 3.43. The number of nitrogen functional groups attached to an aromatic ring is 1. The number of nitrogens with one attached hydrogen (secondary N) is 1. The maximum atomic E-state index is 5.63. The zero-order valence-corrected chi connectivity index (χ0v) is 10.1. The van der Waals surface area contributed by atoms with Crippen LogP contribution in [0.25, 0.3) is 0 Å². The van der Waals surface area contributed by atoms with E-state index in [1.54, 1.807) is 12.4 Å². The van der Waals surface area contributed by atoms with Gasteiger partial charge in [-0.25, -0.2) is 10.8 Å². The Bertz CT molecular complexity index is 342. The van der Waals surface area contributed by atoms with Crippen LogP contribution in [0, 0.1) is 0 Å². The van der Waals surface area contributed by atoms with Gasteiger partial charge >= 0.3 is 0 Å². The van der Waals surface area contributed by atoms with E-state index in [0.717, 1.165) is 38.4 Å². The number of hydrogen-bond acceptors (Lipinski definition) is 6. The average molecular weight is 237 g/mol. The van der Waals surface area contributed by atoms with Gasteiger partial charge in [-0.15, -0.1) is 0 Å². The summed E-state index contributed by atoms with van der Waals surface area (Å²) in [6.45, 7) is 5.69. The summed E-state index contributed by atoms with van der Waals surface area (Å²) in [4.78, 5) is 10.8. The molecule has 94 valence electrons. The molecule has 1 fully saturated rings. The normalized spacial score (nSPS) is 21.4. The van der Waals surface area contributed by atoms with Gasteiger partial charge in [-0.2, -0.15) is 0 Å². The number of ether oxygens (including phenoxy) is 1. The Hall–Kier alpha value is -1.24. The topological polar surface area (TPSA) is 76.3 Å². The summed E-state index contributed by atoms with van der Waals surface area (Å²) in [7, 11) is 0. The van der Waals surface area contributed by atoms with Crippen molar-refractivity contribution in [2.45, 2.75) is 26.0 Å². The molecule has 1 atom stereocenters. The predicted molar refractivity (Wildman–Crippen MR) is 65.2 cm³/mol. The van der Waals surface area contributed by atoms with Gasteiger partial charge in [0.15, 0.2) is 5.82 Å². The molecule has 0 saturated carbocycles. The molecule has 0 radical (unpaired) electrons. The van der Waals surface area contributed by atoms with E-state index in [4.69, 9.17) is 10.6 Å². The van der Waals surface area contributed by atoms with Gasteiger partial charge in [0.25, 0.3) is 0 Å². The number of nitrogens with zero attached hydrogens (tertiary/aromatic N) is 3. The van der Waals surface area contributed by atoms with E-state index in [1.165, 1.54) is 0 Å². The van der Waals surface area contributed by atoms with Crippen LogP contribution in [0.1, 0.15) is 19.0 Å². The quantitative estimate of drug-likeness (QED) is 0.582. The Morgan fingerprint density at radius 1 is 1.53 bits per heavy atom. The number of hydrogen-bond donors (Lipinski definition) is 2. The van der Waals surface area contributed by atoms with Crippen LogP contribution in [0.4, 0.5) is 5.82 Å². The Morgan fingerprint density at radius 2 is 2.41 bits per heavy atom. The monoisotopic (exact) mass is 237 g/mol. The summed E-state index contributed by atoms with van der Waals surface area (Å²) in [6, 6.07) is 0. The van der Waals surface area contributed by atoms with Gasteiger partial charge in [0, 0.05) is 19.6 Å². The van der Waals surface area contributed by atoms with E-state index in [0.29, 0.717) is 11.9 Å². The van der Waals surface area contributed by atoms with Crippen LogP contribution in [0.5, 0.6) is 0 Å². The predicted octanol–water partition coefficient (Wildman–Crippen LogP) is 0.373. The highest BCUT2D eigenvalue weighted by atomic mass is 16.5. The van der Waals surface area contributed by atoms with Crippen LogP contribution >= 0.6 is 0 Å². The standard InChI is InChI=1S/C11H19N5O/c1-2-10-8-16(3-4-17-10)7-9-5-14-11(15-12)6-13-9/h5-6,10H,2-4,7-8,12H2,1H3,(H,14,15). The molecule has 1 aromatic heterocycles. The van der Waals surface area contributed by atoms with Crippen LogP contribution in [0.15, 0.2) is 12.4 Å². The molecule has 1 saturated heterocycles. The molecule has 2 heterocycles. The molecule has 0 bridgehead atoms. The molecule has 0 spiro atoms. The van der Waals surface area contributed by atoms with Crippen LogP contribution in [0.3, 0.4) is 0 Å². The second-order valence-electron chi connectivity index (χ2n) is 4.17. The first-order valence-electron chi connectivity index (χ1n) is 5.93. The van der Waals surface area contributed by atoms with Crippen LogP contribution in [-0.4, -0.2) is 40.7 Å². The molecule has 6 heteroatoms. The highest BCUT2D eigenvalue weighted by Crippen LogP contribution is 2.11. The van der Waals surface area contributed by atoms with Crippen molar-refractivity contribution in [2.24, 2.45) is 5.84 Å². The number of nitrogens with two attached hydrogens (primary N) is 1. The van der Waals surface area contributed by atoms with E-state index in [-0.39, 0.29) is 0 Å². The highest BCUT2D eigenvalue weighted by molar-refractivity contribution is 5.28. The van der Waals surface area contributed by atoms with Crippen molar-refractivity contribution in [1.29, 1.82) is 0 Å². The molecular weight excluding hydrogens is 218 g/mol. The van der Waals surface area contributed by atoms with Crippen LogP contribution in [-0.2, 0) is 11.3 Å². The minimum absolute atomic E-state index is 0.349. The van der Waals surface area contributed by atoms with Crippen LogP contribution in [0.2, 0.25) is 0 Å². The molecule has 1 aliphatic rings. The second-order valence-corrected chi connectivity index (χ2v) is 4.17. The maximum Gasteiger partial charge on any atom is 0.158 e. The Morgan fingerprint density at radius 3 is 3.06 bits per heavy atom. The van der Waals surface area contributed by atoms with Gasteiger partial charge < -0.3 is 10.2 Å². The maximum absolute atomic E-state index is 5.63. The van der Waals surface area contributed by atoms with Crippen molar-refractivity contribution in [3.63, 3.8) is 0 Å². The fourth-order valence-electron chi connectivity index (χ4n) is 1.91. The van der Waals surface area contributed by atoms with Gasteiger partial charge in [-0.3, -0.25) is 9.88 Å². The zero-order chi connectivity index (χ0) is 12.1. The third-order valence-corrected chi connectivity index (χ3v) is 2.92. The van der Waals surface area contributed by atoms with Crippen molar-refractivity contribution in [1.82, 2.24) is 14.9 Å². The summed E-state index contributed by atoms with van der Waals surface area (Å²) < 4.78 is 5.63. The number of anilines is 1. The Labute approximate surface area is 101 Å². The Kier molecular flexibility index (Phi) is 4.24. The van der Waals surface area contributed by atoms with Gasteiger partial charge in [0.2, 0.25) is 0 Å². The number of morpholine rings is 1. The molecule has 2 rings (SSSR count). The molecule has 3 N–H and O–H groups in total. The van der Waals surface area contributed by atoms with E-state index < -0.39 is 0 Å². The van der Waals surface area contributed by atoms with Crippen molar-refractivity contribution in [3.8, 4) is 0 Å². The summed E-state index contributed by atoms with van der Waals surface area (Å²) in [5.74, 6) is 5.83. The lowest BCUT2D eigenvalue weighted by Gasteiger charge is -2.32. The molecule has 6 nitrogen and oxygen atoms in total. The Balaban J connectivity index is 1.90. The fraction of sp³-hybridized carbons (Fsp3) is 0.636. The van der Waals surface area contributed by atoms with Crippen molar-refractivity contribution < 1.29 is 4.74 Å². The van der Waals surface area contributed by atoms with Crippen molar-refractivity contribution in [2.75, 3.05) is 25.1 Å². The lowest BCUT2D eigenvalue weighted by atomic mass is 10.2. The van der Waals surface area contributed by atoms with E-state index in [9.17, 15) is 0 Å². The fourth-order valence-corrected chi connectivity index (χ4v) is 1.91. The first-order valence-corrected chi connectivity index (χ1v) is 5.93. The van der Waals surface area contributed by atoms with E-state index >= 15 is 0 Å². The molecule has 0 aliphatic carbocycles. The zero-order valence-electron chi connectivity index (χ0n) is 10.1. The number of rotatable bonds is 4. The third kappa shape index (κ3) is 3.36. The van der Waals surface area contributed by atoms with Gasteiger partial charge in [-0.1, -0.05) is 6.92 Å². The van der Waals surface area contributed by atoms with Crippen molar-refractivity contribution >= 4 is 5.82 Å².